The van der Waals surface area contributed by atoms with Crippen molar-refractivity contribution in [2.45, 2.75) is 6.42 Å². The number of para-hydroxylation sites is 1. The minimum atomic E-state index is -1.00. The largest absolute Gasteiger partial charge is 0.480 e. The first-order valence-corrected chi connectivity index (χ1v) is 5.03. The van der Waals surface area contributed by atoms with Crippen molar-refractivity contribution >= 4 is 17.6 Å². The van der Waals surface area contributed by atoms with Crippen molar-refractivity contribution in [1.29, 1.82) is 0 Å². The number of amides is 1. The fraction of sp³-hybridized carbons (Fsp3) is 0.273. The summed E-state index contributed by atoms with van der Waals surface area (Å²) in [6.07, 6.45) is 0.363. The lowest BCUT2D eigenvalue weighted by molar-refractivity contribution is -0.143. The smallest absolute Gasteiger partial charge is 0.325 e. The first kappa shape index (κ1) is 10.5. The Bertz CT molecular complexity index is 405. The van der Waals surface area contributed by atoms with Crippen molar-refractivity contribution in [3.05, 3.63) is 30.3 Å². The van der Waals surface area contributed by atoms with E-state index in [0.717, 1.165) is 5.69 Å². The molecule has 2 rings (SSSR count). The fourth-order valence-electron chi connectivity index (χ4n) is 1.76. The molecule has 0 aromatic heterocycles. The molecule has 16 heavy (non-hydrogen) atoms. The van der Waals surface area contributed by atoms with Crippen molar-refractivity contribution < 1.29 is 14.7 Å². The van der Waals surface area contributed by atoms with Crippen LogP contribution in [0.25, 0.3) is 0 Å². The van der Waals surface area contributed by atoms with Crippen LogP contribution in [0.4, 0.5) is 5.69 Å². The zero-order valence-corrected chi connectivity index (χ0v) is 8.67. The van der Waals surface area contributed by atoms with E-state index in [4.69, 9.17) is 5.11 Å². The second-order valence-corrected chi connectivity index (χ2v) is 3.55. The molecular weight excluding hydrogens is 208 g/mol. The Morgan fingerprint density at radius 2 is 2.00 bits per heavy atom. The number of carbonyl (C=O) groups excluding carboxylic acids is 1. The van der Waals surface area contributed by atoms with E-state index < -0.39 is 5.97 Å². The highest BCUT2D eigenvalue weighted by Crippen LogP contribution is 2.21. The number of nitrogens with zero attached hydrogens (tertiary/aromatic N) is 2. The maximum Gasteiger partial charge on any atom is 0.325 e. The van der Waals surface area contributed by atoms with Gasteiger partial charge in [0.25, 0.3) is 0 Å². The standard InChI is InChI=1S/C11H12N2O3/c14-10-6-7-12(13(10)8-11(15)16)9-4-2-1-3-5-9/h1-5H,6-8H2,(H,15,16). The van der Waals surface area contributed by atoms with Crippen LogP contribution in [0.1, 0.15) is 6.42 Å². The van der Waals surface area contributed by atoms with E-state index in [1.54, 1.807) is 5.01 Å². The van der Waals surface area contributed by atoms with E-state index in [1.807, 2.05) is 30.3 Å². The number of rotatable bonds is 3. The van der Waals surface area contributed by atoms with Crippen molar-refractivity contribution in [1.82, 2.24) is 5.01 Å². The lowest BCUT2D eigenvalue weighted by Crippen LogP contribution is -2.42. The summed E-state index contributed by atoms with van der Waals surface area (Å²) in [4.78, 5) is 22.2. The van der Waals surface area contributed by atoms with E-state index in [-0.39, 0.29) is 12.5 Å². The summed E-state index contributed by atoms with van der Waals surface area (Å²) < 4.78 is 0. The molecule has 1 amide bonds. The van der Waals surface area contributed by atoms with Crippen LogP contribution in [0.5, 0.6) is 0 Å². The van der Waals surface area contributed by atoms with Gasteiger partial charge in [0, 0.05) is 13.0 Å². The van der Waals surface area contributed by atoms with Gasteiger partial charge in [-0.05, 0) is 12.1 Å². The molecular formula is C11H12N2O3. The normalized spacial score (nSPS) is 15.6. The fourth-order valence-corrected chi connectivity index (χ4v) is 1.76. The van der Waals surface area contributed by atoms with Gasteiger partial charge < -0.3 is 5.11 Å². The third-order valence-corrected chi connectivity index (χ3v) is 2.46. The number of carboxylic acids is 1. The average Bonchev–Trinajstić information content (AvgIpc) is 2.61. The van der Waals surface area contributed by atoms with Gasteiger partial charge in [-0.1, -0.05) is 18.2 Å². The molecule has 1 aliphatic rings. The highest BCUT2D eigenvalue weighted by molar-refractivity contribution is 5.85. The van der Waals surface area contributed by atoms with Gasteiger partial charge in [0.2, 0.25) is 5.91 Å². The molecule has 1 aromatic rings. The summed E-state index contributed by atoms with van der Waals surface area (Å²) in [6, 6.07) is 9.30. The predicted octanol–water partition coefficient (Wildman–Crippen LogP) is 0.725. The van der Waals surface area contributed by atoms with Crippen LogP contribution < -0.4 is 5.01 Å². The number of carbonyl (C=O) groups is 2. The zero-order valence-electron chi connectivity index (χ0n) is 8.67. The van der Waals surface area contributed by atoms with Gasteiger partial charge >= 0.3 is 5.97 Å². The van der Waals surface area contributed by atoms with Gasteiger partial charge in [-0.15, -0.1) is 0 Å². The summed E-state index contributed by atoms with van der Waals surface area (Å²) >= 11 is 0. The van der Waals surface area contributed by atoms with Crippen LogP contribution in [-0.4, -0.2) is 35.1 Å². The Morgan fingerprint density at radius 1 is 1.31 bits per heavy atom. The minimum absolute atomic E-state index is 0.147. The summed E-state index contributed by atoms with van der Waals surface area (Å²) in [6.45, 7) is 0.254. The molecule has 5 heteroatoms. The molecule has 0 aliphatic carbocycles. The molecule has 0 atom stereocenters. The number of carboxylic acid groups (broad SMARTS) is 1. The molecule has 1 saturated heterocycles. The third-order valence-electron chi connectivity index (χ3n) is 2.46. The Morgan fingerprint density at radius 3 is 2.62 bits per heavy atom. The summed E-state index contributed by atoms with van der Waals surface area (Å²) in [5.41, 5.74) is 0.842. The van der Waals surface area contributed by atoms with E-state index in [1.165, 1.54) is 5.01 Å². The van der Waals surface area contributed by atoms with E-state index >= 15 is 0 Å². The molecule has 5 nitrogen and oxygen atoms in total. The van der Waals surface area contributed by atoms with Gasteiger partial charge in [0.05, 0.1) is 5.69 Å². The molecule has 0 radical (unpaired) electrons. The molecule has 0 saturated carbocycles. The maximum atomic E-state index is 11.5. The van der Waals surface area contributed by atoms with E-state index in [0.29, 0.717) is 13.0 Å². The number of anilines is 1. The SMILES string of the molecule is O=C(O)CN1C(=O)CCN1c1ccccc1. The van der Waals surface area contributed by atoms with Gasteiger partial charge in [0.1, 0.15) is 6.54 Å². The van der Waals surface area contributed by atoms with Gasteiger partial charge in [0.15, 0.2) is 0 Å². The van der Waals surface area contributed by atoms with Crippen LogP contribution >= 0.6 is 0 Å². The minimum Gasteiger partial charge on any atom is -0.480 e. The van der Waals surface area contributed by atoms with Gasteiger partial charge in [-0.25, -0.2) is 5.01 Å². The number of aliphatic carboxylic acids is 1. The number of benzene rings is 1. The first-order chi connectivity index (χ1) is 7.68. The lowest BCUT2D eigenvalue weighted by Gasteiger charge is -2.28. The van der Waals surface area contributed by atoms with Crippen molar-refractivity contribution in [2.24, 2.45) is 0 Å². The average molecular weight is 220 g/mol. The van der Waals surface area contributed by atoms with E-state index in [9.17, 15) is 9.59 Å². The zero-order chi connectivity index (χ0) is 11.5. The van der Waals surface area contributed by atoms with Crippen molar-refractivity contribution in [3.8, 4) is 0 Å². The van der Waals surface area contributed by atoms with Gasteiger partial charge in [-0.2, -0.15) is 0 Å². The Balaban J connectivity index is 2.21. The highest BCUT2D eigenvalue weighted by atomic mass is 16.4. The molecule has 1 heterocycles. The lowest BCUT2D eigenvalue weighted by atomic mass is 10.3. The van der Waals surface area contributed by atoms with Crippen molar-refractivity contribution in [2.75, 3.05) is 18.1 Å². The quantitative estimate of drug-likeness (QED) is 0.815. The molecule has 0 unspecified atom stereocenters. The second kappa shape index (κ2) is 4.22. The second-order valence-electron chi connectivity index (χ2n) is 3.55. The molecule has 0 spiro atoms. The topological polar surface area (TPSA) is 60.9 Å². The molecule has 1 aromatic carbocycles. The summed E-state index contributed by atoms with van der Waals surface area (Å²) in [5.74, 6) is -1.15. The van der Waals surface area contributed by atoms with Gasteiger partial charge in [-0.3, -0.25) is 14.6 Å². The van der Waals surface area contributed by atoms with Crippen LogP contribution in [0.2, 0.25) is 0 Å². The molecule has 0 bridgehead atoms. The number of hydrazine groups is 1. The monoisotopic (exact) mass is 220 g/mol. The Kier molecular flexibility index (Phi) is 2.76. The van der Waals surface area contributed by atoms with Crippen LogP contribution in [0, 0.1) is 0 Å². The summed E-state index contributed by atoms with van der Waals surface area (Å²) in [7, 11) is 0. The first-order valence-electron chi connectivity index (χ1n) is 5.03. The highest BCUT2D eigenvalue weighted by Gasteiger charge is 2.30. The predicted molar refractivity (Wildman–Crippen MR) is 57.8 cm³/mol. The number of hydrogen-bond acceptors (Lipinski definition) is 3. The molecule has 84 valence electrons. The maximum absolute atomic E-state index is 11.5. The molecule has 1 aliphatic heterocycles. The Hall–Kier alpha value is -2.04. The van der Waals surface area contributed by atoms with Crippen molar-refractivity contribution in [3.63, 3.8) is 0 Å². The van der Waals surface area contributed by atoms with E-state index in [2.05, 4.69) is 0 Å². The molecule has 1 fully saturated rings. The Labute approximate surface area is 92.9 Å². The van der Waals surface area contributed by atoms with Crippen LogP contribution in [0.15, 0.2) is 30.3 Å². The van der Waals surface area contributed by atoms with Crippen LogP contribution in [0.3, 0.4) is 0 Å². The van der Waals surface area contributed by atoms with Crippen LogP contribution in [-0.2, 0) is 9.59 Å². The third kappa shape index (κ3) is 1.98. The number of hydrogen-bond donors (Lipinski definition) is 1. The summed E-state index contributed by atoms with van der Waals surface area (Å²) in [5, 5.41) is 11.7. The molecule has 1 N–H and O–H groups in total.